The van der Waals surface area contributed by atoms with Crippen LogP contribution in [0.4, 0.5) is 23.2 Å². The van der Waals surface area contributed by atoms with Crippen molar-refractivity contribution in [1.82, 2.24) is 4.57 Å². The van der Waals surface area contributed by atoms with Crippen LogP contribution in [0.1, 0.15) is 24.0 Å². The molecule has 5 rings (SSSR count). The fraction of sp³-hybridized carbons (Fsp3) is 0.385. The molecule has 1 fully saturated rings. The number of ether oxygens (including phenoxy) is 3. The Hall–Kier alpha value is -3.53. The Morgan fingerprint density at radius 2 is 1.95 bits per heavy atom. The third kappa shape index (κ3) is 4.33. The molecule has 0 unspecified atom stereocenters. The highest BCUT2D eigenvalue weighted by atomic mass is 19.4. The van der Waals surface area contributed by atoms with Crippen molar-refractivity contribution in [1.29, 1.82) is 0 Å². The number of rotatable bonds is 6. The summed E-state index contributed by atoms with van der Waals surface area (Å²) >= 11 is 0. The van der Waals surface area contributed by atoms with E-state index in [1.165, 1.54) is 11.7 Å². The molecule has 0 aliphatic carbocycles. The number of nitrogens with zero attached hydrogens (tertiary/aromatic N) is 2. The number of alkyl halides is 3. The van der Waals surface area contributed by atoms with Gasteiger partial charge < -0.3 is 29.4 Å². The smallest absolute Gasteiger partial charge is 0.449 e. The van der Waals surface area contributed by atoms with Crippen LogP contribution in [0.2, 0.25) is 0 Å². The summed E-state index contributed by atoms with van der Waals surface area (Å²) in [6, 6.07) is 7.49. The van der Waals surface area contributed by atoms with Gasteiger partial charge in [-0.1, -0.05) is 6.07 Å². The first-order valence-electron chi connectivity index (χ1n) is 11.8. The molecule has 3 aromatic rings. The number of nitrogens with two attached hydrogens (primary N) is 1. The van der Waals surface area contributed by atoms with Crippen LogP contribution in [-0.2, 0) is 28.0 Å². The summed E-state index contributed by atoms with van der Waals surface area (Å²) in [6.45, 7) is 1.53. The van der Waals surface area contributed by atoms with Crippen molar-refractivity contribution < 1.29 is 36.6 Å². The Balaban J connectivity index is 1.55. The minimum atomic E-state index is -4.95. The van der Waals surface area contributed by atoms with Crippen LogP contribution in [0.15, 0.2) is 42.3 Å². The quantitative estimate of drug-likeness (QED) is 0.384. The van der Waals surface area contributed by atoms with Crippen LogP contribution in [-0.4, -0.2) is 43.7 Å². The summed E-state index contributed by atoms with van der Waals surface area (Å²) in [6.07, 6.45) is -2.45. The number of allylic oxidation sites excluding steroid dienone is 1. The van der Waals surface area contributed by atoms with E-state index in [1.807, 2.05) is 23.0 Å². The van der Waals surface area contributed by atoms with Crippen molar-refractivity contribution >= 4 is 22.5 Å². The lowest BCUT2D eigenvalue weighted by Crippen LogP contribution is -2.43. The number of anilines is 1. The molecule has 0 amide bonds. The van der Waals surface area contributed by atoms with Crippen molar-refractivity contribution in [3.63, 3.8) is 0 Å². The highest BCUT2D eigenvalue weighted by molar-refractivity contribution is 5.99. The van der Waals surface area contributed by atoms with Gasteiger partial charge in [0, 0.05) is 45.0 Å². The summed E-state index contributed by atoms with van der Waals surface area (Å²) in [5.74, 6) is 1.55. The fourth-order valence-corrected chi connectivity index (χ4v) is 5.41. The van der Waals surface area contributed by atoms with E-state index in [2.05, 4.69) is 4.74 Å². The highest BCUT2D eigenvalue weighted by Crippen LogP contribution is 2.52. The lowest BCUT2D eigenvalue weighted by molar-refractivity contribution is -0.274. The molecule has 7 nitrogen and oxygen atoms in total. The Labute approximate surface area is 210 Å². The summed E-state index contributed by atoms with van der Waals surface area (Å²) in [7, 11) is 1.49. The second-order valence-electron chi connectivity index (χ2n) is 9.15. The number of aromatic nitrogens is 1. The minimum absolute atomic E-state index is 0.00435. The number of piperidine rings is 1. The van der Waals surface area contributed by atoms with Gasteiger partial charge >= 0.3 is 6.36 Å². The predicted octanol–water partition coefficient (Wildman–Crippen LogP) is 4.43. The van der Waals surface area contributed by atoms with E-state index in [4.69, 9.17) is 15.2 Å². The lowest BCUT2D eigenvalue weighted by atomic mass is 9.72. The normalized spacial score (nSPS) is 16.7. The van der Waals surface area contributed by atoms with Gasteiger partial charge in [-0.3, -0.25) is 0 Å². The Kier molecular flexibility index (Phi) is 6.39. The monoisotopic (exact) mass is 519 g/mol. The molecule has 1 aromatic heterocycles. The molecule has 0 saturated carbocycles. The number of fused-ring (bicyclic) bond motifs is 3. The van der Waals surface area contributed by atoms with Gasteiger partial charge in [0.05, 0.1) is 28.6 Å². The average molecular weight is 519 g/mol. The predicted molar refractivity (Wildman–Crippen MR) is 128 cm³/mol. The first kappa shape index (κ1) is 25.1. The van der Waals surface area contributed by atoms with Crippen LogP contribution in [0, 0.1) is 5.82 Å². The van der Waals surface area contributed by atoms with Gasteiger partial charge in [-0.05, 0) is 42.7 Å². The first-order valence-corrected chi connectivity index (χ1v) is 11.8. The number of methoxy groups -OCH3 is 1. The molecule has 0 bridgehead atoms. The summed E-state index contributed by atoms with van der Waals surface area (Å²) in [5.41, 5.74) is 7.26. The van der Waals surface area contributed by atoms with Crippen LogP contribution in [0.3, 0.4) is 0 Å². The largest absolute Gasteiger partial charge is 0.573 e. The first-order chi connectivity index (χ1) is 17.7. The molecular formula is C26H25F4N3O4. The Bertz CT molecular complexity index is 1390. The van der Waals surface area contributed by atoms with Crippen molar-refractivity contribution in [3.8, 4) is 11.5 Å². The van der Waals surface area contributed by atoms with E-state index in [1.54, 1.807) is 12.3 Å². The average Bonchev–Trinajstić information content (AvgIpc) is 3.41. The van der Waals surface area contributed by atoms with Crippen molar-refractivity contribution in [2.45, 2.75) is 37.7 Å². The number of hydrogen-bond donors (Lipinski definition) is 1. The van der Waals surface area contributed by atoms with Crippen LogP contribution >= 0.6 is 0 Å². The van der Waals surface area contributed by atoms with E-state index in [0.717, 1.165) is 23.3 Å². The number of halogens is 4. The lowest BCUT2D eigenvalue weighted by Gasteiger charge is -2.39. The SMILES string of the molecule is COCCn1cc(N2CCC3(CC2)C(=C=O)Oc2ccc(CN)cc23)c2c(OC(F)(F)F)ccc(F)c21. The summed E-state index contributed by atoms with van der Waals surface area (Å²) in [5, 5.41) is 0.0315. The zero-order valence-corrected chi connectivity index (χ0v) is 20.0. The van der Waals surface area contributed by atoms with E-state index >= 15 is 0 Å². The molecule has 196 valence electrons. The molecule has 0 atom stereocenters. The van der Waals surface area contributed by atoms with E-state index in [-0.39, 0.29) is 29.8 Å². The molecule has 37 heavy (non-hydrogen) atoms. The summed E-state index contributed by atoms with van der Waals surface area (Å²) in [4.78, 5) is 13.7. The van der Waals surface area contributed by atoms with Gasteiger partial charge in [0.15, 0.2) is 11.7 Å². The van der Waals surface area contributed by atoms with E-state index < -0.39 is 23.3 Å². The third-order valence-corrected chi connectivity index (χ3v) is 7.17. The molecule has 2 aliphatic heterocycles. The van der Waals surface area contributed by atoms with Crippen molar-refractivity contribution in [2.75, 3.05) is 31.7 Å². The molecule has 1 spiro atoms. The third-order valence-electron chi connectivity index (χ3n) is 7.17. The van der Waals surface area contributed by atoms with Crippen molar-refractivity contribution in [2.24, 2.45) is 5.73 Å². The molecule has 11 heteroatoms. The minimum Gasteiger partial charge on any atom is -0.449 e. The van der Waals surface area contributed by atoms with Gasteiger partial charge in [0.2, 0.25) is 0 Å². The molecule has 3 heterocycles. The zero-order chi connectivity index (χ0) is 26.4. The highest BCUT2D eigenvalue weighted by Gasteiger charge is 2.49. The van der Waals surface area contributed by atoms with Crippen molar-refractivity contribution in [3.05, 3.63) is 59.2 Å². The molecule has 2 aromatic carbocycles. The van der Waals surface area contributed by atoms with Crippen LogP contribution < -0.4 is 20.1 Å². The standard InChI is InChI=1S/C26H25F4N3O4/c1-35-11-10-33-14-19(23-21(37-26(28,29)30)5-3-18(27)24(23)33)32-8-6-25(7-9-32)17-12-16(13-31)2-4-20(17)36-22(25)15-34/h2-5,12,14H,6-11,13,31H2,1H3. The molecule has 0 radical (unpaired) electrons. The maximum absolute atomic E-state index is 15.0. The fourth-order valence-electron chi connectivity index (χ4n) is 5.41. The van der Waals surface area contributed by atoms with Gasteiger partial charge in [-0.15, -0.1) is 13.2 Å². The number of benzene rings is 2. The Morgan fingerprint density at radius 3 is 2.59 bits per heavy atom. The van der Waals surface area contributed by atoms with Gasteiger partial charge in [-0.25, -0.2) is 9.18 Å². The van der Waals surface area contributed by atoms with Gasteiger partial charge in [-0.2, -0.15) is 0 Å². The maximum Gasteiger partial charge on any atom is 0.573 e. The number of hydrogen-bond acceptors (Lipinski definition) is 6. The second-order valence-corrected chi connectivity index (χ2v) is 9.15. The molecule has 2 aliphatic rings. The maximum atomic E-state index is 15.0. The second kappa shape index (κ2) is 9.41. The van der Waals surface area contributed by atoms with Gasteiger partial charge in [0.1, 0.15) is 17.3 Å². The van der Waals surface area contributed by atoms with Gasteiger partial charge in [0.25, 0.3) is 0 Å². The molecular weight excluding hydrogens is 494 g/mol. The van der Waals surface area contributed by atoms with E-state index in [9.17, 15) is 22.4 Å². The van der Waals surface area contributed by atoms with E-state index in [0.29, 0.717) is 43.9 Å². The van der Waals surface area contributed by atoms with Crippen LogP contribution in [0.5, 0.6) is 11.5 Å². The topological polar surface area (TPSA) is 79.0 Å². The molecule has 1 saturated heterocycles. The molecule has 2 N–H and O–H groups in total. The Morgan fingerprint density at radius 1 is 1.19 bits per heavy atom. The van der Waals surface area contributed by atoms with Crippen LogP contribution in [0.25, 0.3) is 10.9 Å². The zero-order valence-electron chi connectivity index (χ0n) is 20.0. The number of carbonyl (C=O) groups excluding carboxylic acids is 1. The summed E-state index contributed by atoms with van der Waals surface area (Å²) < 4.78 is 71.4.